The van der Waals surface area contributed by atoms with Gasteiger partial charge in [-0.3, -0.25) is 4.79 Å². The maximum absolute atomic E-state index is 12.8. The number of nitrogens with zero attached hydrogens (tertiary/aromatic N) is 1. The number of nitrogens with one attached hydrogen (secondary N) is 1. The maximum atomic E-state index is 12.8. The van der Waals surface area contributed by atoms with Gasteiger partial charge in [-0.1, -0.05) is 32.6 Å². The summed E-state index contributed by atoms with van der Waals surface area (Å²) in [5.41, 5.74) is 5.73. The summed E-state index contributed by atoms with van der Waals surface area (Å²) in [6.45, 7) is 6.16. The molecule has 2 fully saturated rings. The number of rotatable bonds is 5. The standard InChI is InChI=1S/C17H33N3O/c1-2-11-20-12-7-15(8-13-20)19-16(21)17(14-18)9-5-3-4-6-10-17/h15H,2-14,18H2,1H3,(H,19,21). The highest BCUT2D eigenvalue weighted by molar-refractivity contribution is 5.83. The fraction of sp³-hybridized carbons (Fsp3) is 0.941. The van der Waals surface area contributed by atoms with E-state index in [-0.39, 0.29) is 11.3 Å². The molecule has 1 saturated heterocycles. The van der Waals surface area contributed by atoms with Gasteiger partial charge in [-0.25, -0.2) is 0 Å². The lowest BCUT2D eigenvalue weighted by Gasteiger charge is -2.36. The first-order valence-corrected chi connectivity index (χ1v) is 8.93. The van der Waals surface area contributed by atoms with Crippen LogP contribution in [0.3, 0.4) is 0 Å². The number of amides is 1. The largest absolute Gasteiger partial charge is 0.353 e. The molecule has 0 aromatic carbocycles. The van der Waals surface area contributed by atoms with E-state index in [0.29, 0.717) is 12.6 Å². The summed E-state index contributed by atoms with van der Waals surface area (Å²) in [4.78, 5) is 15.3. The molecule has 1 amide bonds. The Hall–Kier alpha value is -0.610. The number of hydrogen-bond acceptors (Lipinski definition) is 3. The fourth-order valence-electron chi connectivity index (χ4n) is 3.88. The van der Waals surface area contributed by atoms with Gasteiger partial charge in [0.2, 0.25) is 5.91 Å². The van der Waals surface area contributed by atoms with Gasteiger partial charge in [-0.15, -0.1) is 0 Å². The third-order valence-electron chi connectivity index (χ3n) is 5.40. The van der Waals surface area contributed by atoms with Crippen LogP contribution in [-0.4, -0.2) is 43.0 Å². The van der Waals surface area contributed by atoms with E-state index >= 15 is 0 Å². The molecule has 21 heavy (non-hydrogen) atoms. The molecule has 0 unspecified atom stereocenters. The SMILES string of the molecule is CCCN1CCC(NC(=O)C2(CN)CCCCCC2)CC1. The summed E-state index contributed by atoms with van der Waals surface area (Å²) in [6, 6.07) is 0.359. The average molecular weight is 295 g/mol. The second-order valence-corrected chi connectivity index (χ2v) is 6.99. The molecule has 1 aliphatic carbocycles. The molecule has 1 heterocycles. The van der Waals surface area contributed by atoms with Crippen LogP contribution in [0.4, 0.5) is 0 Å². The number of carbonyl (C=O) groups excluding carboxylic acids is 1. The van der Waals surface area contributed by atoms with Crippen molar-refractivity contribution < 1.29 is 4.79 Å². The minimum Gasteiger partial charge on any atom is -0.353 e. The van der Waals surface area contributed by atoms with E-state index in [4.69, 9.17) is 5.73 Å². The molecule has 4 heteroatoms. The van der Waals surface area contributed by atoms with Gasteiger partial charge in [-0.2, -0.15) is 0 Å². The number of carbonyl (C=O) groups is 1. The Labute approximate surface area is 129 Å². The highest BCUT2D eigenvalue weighted by Crippen LogP contribution is 2.34. The van der Waals surface area contributed by atoms with Crippen molar-refractivity contribution in [3.63, 3.8) is 0 Å². The Morgan fingerprint density at radius 3 is 2.33 bits per heavy atom. The van der Waals surface area contributed by atoms with Gasteiger partial charge in [0, 0.05) is 25.7 Å². The van der Waals surface area contributed by atoms with Crippen molar-refractivity contribution in [1.82, 2.24) is 10.2 Å². The molecule has 0 aromatic rings. The molecular weight excluding hydrogens is 262 g/mol. The van der Waals surface area contributed by atoms with E-state index in [1.54, 1.807) is 0 Å². The molecule has 3 N–H and O–H groups in total. The number of hydrogen-bond donors (Lipinski definition) is 2. The van der Waals surface area contributed by atoms with Crippen LogP contribution in [0, 0.1) is 5.41 Å². The summed E-state index contributed by atoms with van der Waals surface area (Å²) >= 11 is 0. The van der Waals surface area contributed by atoms with Crippen molar-refractivity contribution in [2.24, 2.45) is 11.1 Å². The molecule has 2 aliphatic rings. The Morgan fingerprint density at radius 1 is 1.19 bits per heavy atom. The van der Waals surface area contributed by atoms with Gasteiger partial charge in [-0.05, 0) is 38.6 Å². The van der Waals surface area contributed by atoms with E-state index in [0.717, 1.165) is 51.6 Å². The highest BCUT2D eigenvalue weighted by Gasteiger charge is 2.38. The van der Waals surface area contributed by atoms with E-state index in [1.807, 2.05) is 0 Å². The predicted molar refractivity (Wildman–Crippen MR) is 87.1 cm³/mol. The van der Waals surface area contributed by atoms with Crippen molar-refractivity contribution in [2.45, 2.75) is 70.8 Å². The third-order valence-corrected chi connectivity index (χ3v) is 5.40. The molecule has 0 radical (unpaired) electrons. The molecule has 0 bridgehead atoms. The quantitative estimate of drug-likeness (QED) is 0.765. The first-order chi connectivity index (χ1) is 10.2. The summed E-state index contributed by atoms with van der Waals surface area (Å²) in [5.74, 6) is 0.237. The first kappa shape index (κ1) is 16.8. The molecule has 0 atom stereocenters. The number of nitrogens with two attached hydrogens (primary N) is 1. The van der Waals surface area contributed by atoms with E-state index in [9.17, 15) is 4.79 Å². The monoisotopic (exact) mass is 295 g/mol. The fourth-order valence-corrected chi connectivity index (χ4v) is 3.88. The van der Waals surface area contributed by atoms with Gasteiger partial charge in [0.05, 0.1) is 5.41 Å². The van der Waals surface area contributed by atoms with E-state index in [1.165, 1.54) is 25.8 Å². The van der Waals surface area contributed by atoms with Gasteiger partial charge >= 0.3 is 0 Å². The second-order valence-electron chi connectivity index (χ2n) is 6.99. The minimum absolute atomic E-state index is 0.237. The molecule has 122 valence electrons. The van der Waals surface area contributed by atoms with Crippen molar-refractivity contribution in [3.05, 3.63) is 0 Å². The topological polar surface area (TPSA) is 58.4 Å². The van der Waals surface area contributed by atoms with Gasteiger partial charge < -0.3 is 16.0 Å². The summed E-state index contributed by atoms with van der Waals surface area (Å²) in [5, 5.41) is 3.33. The Kier molecular flexibility index (Phi) is 6.49. The summed E-state index contributed by atoms with van der Waals surface area (Å²) in [7, 11) is 0. The summed E-state index contributed by atoms with van der Waals surface area (Å²) < 4.78 is 0. The number of piperidine rings is 1. The van der Waals surface area contributed by atoms with Crippen LogP contribution in [0.5, 0.6) is 0 Å². The van der Waals surface area contributed by atoms with Gasteiger partial charge in [0.1, 0.15) is 0 Å². The first-order valence-electron chi connectivity index (χ1n) is 8.93. The third kappa shape index (κ3) is 4.43. The maximum Gasteiger partial charge on any atom is 0.227 e. The average Bonchev–Trinajstić information content (AvgIpc) is 2.76. The van der Waals surface area contributed by atoms with Gasteiger partial charge in [0.15, 0.2) is 0 Å². The zero-order valence-corrected chi connectivity index (χ0v) is 13.7. The highest BCUT2D eigenvalue weighted by atomic mass is 16.2. The van der Waals surface area contributed by atoms with Crippen molar-refractivity contribution in [2.75, 3.05) is 26.2 Å². The zero-order valence-electron chi connectivity index (χ0n) is 13.7. The molecule has 0 aromatic heterocycles. The van der Waals surface area contributed by atoms with E-state index in [2.05, 4.69) is 17.1 Å². The van der Waals surface area contributed by atoms with Crippen LogP contribution in [0.15, 0.2) is 0 Å². The van der Waals surface area contributed by atoms with Crippen LogP contribution >= 0.6 is 0 Å². The molecular formula is C17H33N3O. The lowest BCUT2D eigenvalue weighted by atomic mass is 9.79. The molecule has 2 rings (SSSR count). The molecule has 1 aliphatic heterocycles. The Bertz CT molecular complexity index is 316. The van der Waals surface area contributed by atoms with Crippen molar-refractivity contribution in [1.29, 1.82) is 0 Å². The van der Waals surface area contributed by atoms with E-state index < -0.39 is 0 Å². The van der Waals surface area contributed by atoms with Crippen LogP contribution in [0.25, 0.3) is 0 Å². The zero-order chi connectivity index (χ0) is 15.1. The Balaban J connectivity index is 1.85. The van der Waals surface area contributed by atoms with Crippen LogP contribution in [-0.2, 0) is 4.79 Å². The number of likely N-dealkylation sites (tertiary alicyclic amines) is 1. The lowest BCUT2D eigenvalue weighted by molar-refractivity contribution is -0.132. The lowest BCUT2D eigenvalue weighted by Crippen LogP contribution is -2.52. The van der Waals surface area contributed by atoms with Crippen molar-refractivity contribution in [3.8, 4) is 0 Å². The Morgan fingerprint density at radius 2 is 1.81 bits per heavy atom. The van der Waals surface area contributed by atoms with Crippen molar-refractivity contribution >= 4 is 5.91 Å². The summed E-state index contributed by atoms with van der Waals surface area (Å²) in [6.07, 6.45) is 10.2. The normalized spacial score (nSPS) is 24.5. The van der Waals surface area contributed by atoms with Crippen LogP contribution in [0.1, 0.15) is 64.7 Å². The van der Waals surface area contributed by atoms with Gasteiger partial charge in [0.25, 0.3) is 0 Å². The van der Waals surface area contributed by atoms with Crippen LogP contribution in [0.2, 0.25) is 0 Å². The smallest absolute Gasteiger partial charge is 0.227 e. The molecule has 1 saturated carbocycles. The second kappa shape index (κ2) is 8.14. The van der Waals surface area contributed by atoms with Crippen LogP contribution < -0.4 is 11.1 Å². The molecule has 4 nitrogen and oxygen atoms in total. The minimum atomic E-state index is -0.281. The predicted octanol–water partition coefficient (Wildman–Crippen LogP) is 2.28. The molecule has 0 spiro atoms.